The van der Waals surface area contributed by atoms with E-state index in [-0.39, 0.29) is 11.5 Å². The summed E-state index contributed by atoms with van der Waals surface area (Å²) in [6.45, 7) is 2.79. The van der Waals surface area contributed by atoms with Gasteiger partial charge < -0.3 is 0 Å². The molecule has 0 unspecified atom stereocenters. The molecule has 0 saturated heterocycles. The topological polar surface area (TPSA) is 46.1 Å². The molecule has 0 aliphatic rings. The largest absolute Gasteiger partial charge is 0.294 e. The number of nitrogens with zero attached hydrogens (tertiary/aromatic N) is 3. The van der Waals surface area contributed by atoms with Crippen molar-refractivity contribution in [1.29, 1.82) is 0 Å². The maximum absolute atomic E-state index is 13.2. The molecule has 0 fully saturated rings. The van der Waals surface area contributed by atoms with Gasteiger partial charge in [-0.15, -0.1) is 11.8 Å². The standard InChI is InChI=1S/C16H17F2N3OS/c1-4-23-12-6-5-9-19-14(12)15(22)21(3)13-8-7-11(10-20-13)16(2,17)18/h5-10H,4H2,1-3H3. The predicted molar refractivity (Wildman–Crippen MR) is 87.2 cm³/mol. The number of alkyl halides is 2. The van der Waals surface area contributed by atoms with Crippen LogP contribution in [-0.4, -0.2) is 28.7 Å². The van der Waals surface area contributed by atoms with Crippen molar-refractivity contribution in [3.8, 4) is 0 Å². The molecule has 2 heterocycles. The van der Waals surface area contributed by atoms with Crippen molar-refractivity contribution in [2.24, 2.45) is 0 Å². The zero-order valence-electron chi connectivity index (χ0n) is 13.1. The third-order valence-corrected chi connectivity index (χ3v) is 4.11. The Balaban J connectivity index is 2.26. The lowest BCUT2D eigenvalue weighted by atomic mass is 10.2. The maximum atomic E-state index is 13.2. The Bertz CT molecular complexity index is 686. The molecular formula is C16H17F2N3OS. The van der Waals surface area contributed by atoms with E-state index in [0.717, 1.165) is 23.8 Å². The Hall–Kier alpha value is -2.02. The molecule has 7 heteroatoms. The zero-order valence-corrected chi connectivity index (χ0v) is 13.9. The smallest absolute Gasteiger partial charge is 0.278 e. The lowest BCUT2D eigenvalue weighted by molar-refractivity contribution is 0.0171. The molecule has 122 valence electrons. The van der Waals surface area contributed by atoms with E-state index in [1.807, 2.05) is 13.0 Å². The van der Waals surface area contributed by atoms with Gasteiger partial charge >= 0.3 is 0 Å². The monoisotopic (exact) mass is 337 g/mol. The SMILES string of the molecule is CCSc1cccnc1C(=O)N(C)c1ccc(C(C)(F)F)cn1. The molecule has 2 rings (SSSR count). The van der Waals surface area contributed by atoms with Crippen molar-refractivity contribution in [2.45, 2.75) is 24.7 Å². The van der Waals surface area contributed by atoms with Gasteiger partial charge in [0.2, 0.25) is 0 Å². The van der Waals surface area contributed by atoms with Crippen LogP contribution in [-0.2, 0) is 5.92 Å². The molecule has 2 aromatic heterocycles. The summed E-state index contributed by atoms with van der Waals surface area (Å²) in [5.41, 5.74) is 0.135. The summed E-state index contributed by atoms with van der Waals surface area (Å²) in [7, 11) is 1.55. The minimum atomic E-state index is -2.96. The van der Waals surface area contributed by atoms with E-state index < -0.39 is 5.92 Å². The number of pyridine rings is 2. The first-order valence-corrected chi connectivity index (χ1v) is 8.03. The molecule has 23 heavy (non-hydrogen) atoms. The second-order valence-electron chi connectivity index (χ2n) is 4.94. The van der Waals surface area contributed by atoms with E-state index in [1.165, 1.54) is 28.8 Å². The summed E-state index contributed by atoms with van der Waals surface area (Å²) in [6, 6.07) is 6.27. The highest BCUT2D eigenvalue weighted by molar-refractivity contribution is 7.99. The molecule has 1 amide bonds. The summed E-state index contributed by atoms with van der Waals surface area (Å²) in [5.74, 6) is -2.18. The fraction of sp³-hybridized carbons (Fsp3) is 0.312. The molecular weight excluding hydrogens is 320 g/mol. The van der Waals surface area contributed by atoms with Gasteiger partial charge in [0.05, 0.1) is 0 Å². The fourth-order valence-electron chi connectivity index (χ4n) is 1.93. The van der Waals surface area contributed by atoms with Gasteiger partial charge in [0, 0.05) is 36.8 Å². The Kier molecular flexibility index (Phi) is 5.30. The van der Waals surface area contributed by atoms with Crippen molar-refractivity contribution in [3.05, 3.63) is 47.9 Å². The molecule has 0 radical (unpaired) electrons. The van der Waals surface area contributed by atoms with Crippen LogP contribution in [0.1, 0.15) is 29.9 Å². The molecule has 0 saturated carbocycles. The Morgan fingerprint density at radius 2 is 2.04 bits per heavy atom. The first kappa shape index (κ1) is 17.3. The molecule has 0 atom stereocenters. The lowest BCUT2D eigenvalue weighted by Gasteiger charge is -2.18. The number of carbonyl (C=O) groups is 1. The van der Waals surface area contributed by atoms with Gasteiger partial charge in [-0.2, -0.15) is 0 Å². The minimum absolute atomic E-state index is 0.192. The van der Waals surface area contributed by atoms with Gasteiger partial charge in [-0.05, 0) is 30.0 Å². The summed E-state index contributed by atoms with van der Waals surface area (Å²) >= 11 is 1.52. The number of amides is 1. The number of hydrogen-bond donors (Lipinski definition) is 0. The predicted octanol–water partition coefficient (Wildman–Crippen LogP) is 3.98. The van der Waals surface area contributed by atoms with Crippen molar-refractivity contribution >= 4 is 23.5 Å². The molecule has 2 aromatic rings. The lowest BCUT2D eigenvalue weighted by Crippen LogP contribution is -2.28. The third kappa shape index (κ3) is 4.04. The van der Waals surface area contributed by atoms with E-state index in [1.54, 1.807) is 19.3 Å². The van der Waals surface area contributed by atoms with Crippen LogP contribution in [0.5, 0.6) is 0 Å². The van der Waals surface area contributed by atoms with Crippen LogP contribution in [0, 0.1) is 0 Å². The zero-order chi connectivity index (χ0) is 17.0. The summed E-state index contributed by atoms with van der Waals surface area (Å²) in [6.07, 6.45) is 2.63. The highest BCUT2D eigenvalue weighted by Crippen LogP contribution is 2.28. The first-order valence-electron chi connectivity index (χ1n) is 7.04. The number of aromatic nitrogens is 2. The Morgan fingerprint density at radius 3 is 2.61 bits per heavy atom. The van der Waals surface area contributed by atoms with Gasteiger partial charge in [-0.3, -0.25) is 9.69 Å². The average Bonchev–Trinajstić information content (AvgIpc) is 2.54. The Labute approximate surface area is 137 Å². The molecule has 4 nitrogen and oxygen atoms in total. The summed E-state index contributed by atoms with van der Waals surface area (Å²) < 4.78 is 26.4. The highest BCUT2D eigenvalue weighted by Gasteiger charge is 2.25. The first-order chi connectivity index (χ1) is 10.8. The second-order valence-corrected chi connectivity index (χ2v) is 6.25. The van der Waals surface area contributed by atoms with E-state index >= 15 is 0 Å². The highest BCUT2D eigenvalue weighted by atomic mass is 32.2. The average molecular weight is 337 g/mol. The van der Waals surface area contributed by atoms with Crippen LogP contribution in [0.4, 0.5) is 14.6 Å². The number of carbonyl (C=O) groups excluding carboxylic acids is 1. The summed E-state index contributed by atoms with van der Waals surface area (Å²) in [5, 5.41) is 0. The van der Waals surface area contributed by atoms with Crippen LogP contribution in [0.25, 0.3) is 0 Å². The second kappa shape index (κ2) is 7.04. The molecule has 0 spiro atoms. The quantitative estimate of drug-likeness (QED) is 0.774. The number of thioether (sulfide) groups is 1. The van der Waals surface area contributed by atoms with Crippen LogP contribution < -0.4 is 4.90 Å². The number of rotatable bonds is 5. The number of anilines is 1. The normalized spacial score (nSPS) is 11.3. The van der Waals surface area contributed by atoms with Crippen molar-refractivity contribution in [3.63, 3.8) is 0 Å². The van der Waals surface area contributed by atoms with Crippen LogP contribution in [0.2, 0.25) is 0 Å². The molecule has 0 N–H and O–H groups in total. The molecule has 0 aliphatic carbocycles. The van der Waals surface area contributed by atoms with Crippen molar-refractivity contribution in [1.82, 2.24) is 9.97 Å². The summed E-state index contributed by atoms with van der Waals surface area (Å²) in [4.78, 5) is 22.8. The van der Waals surface area contributed by atoms with Gasteiger partial charge in [0.15, 0.2) is 0 Å². The van der Waals surface area contributed by atoms with Gasteiger partial charge in [-0.1, -0.05) is 6.92 Å². The van der Waals surface area contributed by atoms with Crippen molar-refractivity contribution < 1.29 is 13.6 Å². The van der Waals surface area contributed by atoms with Crippen LogP contribution in [0.3, 0.4) is 0 Å². The maximum Gasteiger partial charge on any atom is 0.278 e. The van der Waals surface area contributed by atoms with E-state index in [2.05, 4.69) is 9.97 Å². The fourth-order valence-corrected chi connectivity index (χ4v) is 2.69. The van der Waals surface area contributed by atoms with Gasteiger partial charge in [0.1, 0.15) is 11.5 Å². The molecule has 0 bridgehead atoms. The minimum Gasteiger partial charge on any atom is -0.294 e. The number of hydrogen-bond acceptors (Lipinski definition) is 4. The Morgan fingerprint density at radius 1 is 1.30 bits per heavy atom. The van der Waals surface area contributed by atoms with Gasteiger partial charge in [0.25, 0.3) is 11.8 Å². The third-order valence-electron chi connectivity index (χ3n) is 3.18. The van der Waals surface area contributed by atoms with Crippen molar-refractivity contribution in [2.75, 3.05) is 17.7 Å². The number of halogens is 2. The van der Waals surface area contributed by atoms with E-state index in [0.29, 0.717) is 11.5 Å². The molecule has 0 aromatic carbocycles. The van der Waals surface area contributed by atoms with E-state index in [4.69, 9.17) is 0 Å². The van der Waals surface area contributed by atoms with Gasteiger partial charge in [-0.25, -0.2) is 18.7 Å². The van der Waals surface area contributed by atoms with Crippen LogP contribution >= 0.6 is 11.8 Å². The molecule has 0 aliphatic heterocycles. The van der Waals surface area contributed by atoms with Crippen LogP contribution in [0.15, 0.2) is 41.6 Å². The van der Waals surface area contributed by atoms with E-state index in [9.17, 15) is 13.6 Å².